The lowest BCUT2D eigenvalue weighted by Gasteiger charge is -2.25. The Morgan fingerprint density at radius 2 is 2.41 bits per heavy atom. The smallest absolute Gasteiger partial charge is 0.137 e. The zero-order valence-corrected chi connectivity index (χ0v) is 10.8. The highest BCUT2D eigenvalue weighted by atomic mass is 16.5. The Morgan fingerprint density at radius 1 is 1.53 bits per heavy atom. The Bertz CT molecular complexity index is 365. The predicted molar refractivity (Wildman–Crippen MR) is 69.4 cm³/mol. The molecule has 0 spiro atoms. The van der Waals surface area contributed by atoms with Gasteiger partial charge >= 0.3 is 0 Å². The molecule has 3 heteroatoms. The van der Waals surface area contributed by atoms with Crippen molar-refractivity contribution < 1.29 is 4.74 Å². The van der Waals surface area contributed by atoms with Crippen LogP contribution in [0.4, 0.5) is 0 Å². The van der Waals surface area contributed by atoms with E-state index in [-0.39, 0.29) is 0 Å². The van der Waals surface area contributed by atoms with Gasteiger partial charge in [-0.15, -0.1) is 0 Å². The highest BCUT2D eigenvalue weighted by molar-refractivity contribution is 5.32. The van der Waals surface area contributed by atoms with Crippen LogP contribution >= 0.6 is 0 Å². The van der Waals surface area contributed by atoms with Crippen LogP contribution in [0, 0.1) is 0 Å². The fourth-order valence-electron chi connectivity index (χ4n) is 2.41. The lowest BCUT2D eigenvalue weighted by Crippen LogP contribution is -2.27. The fourth-order valence-corrected chi connectivity index (χ4v) is 2.41. The number of fused-ring (bicyclic) bond motifs is 1. The van der Waals surface area contributed by atoms with E-state index in [1.54, 1.807) is 7.11 Å². The summed E-state index contributed by atoms with van der Waals surface area (Å²) in [5, 5.41) is 3.61. The van der Waals surface area contributed by atoms with Gasteiger partial charge in [0.25, 0.3) is 0 Å². The number of unbranched alkanes of at least 4 members (excludes halogenated alkanes) is 1. The molecule has 2 rings (SSSR count). The third-order valence-corrected chi connectivity index (χ3v) is 3.40. The first-order valence-electron chi connectivity index (χ1n) is 6.61. The standard InChI is InChI=1S/C14H22N2O/c1-3-4-8-15-13-7-5-6-11-9-12(17-2)10-16-14(11)13/h9-10,13,15H,3-8H2,1-2H3. The largest absolute Gasteiger partial charge is 0.495 e. The molecule has 1 heterocycles. The highest BCUT2D eigenvalue weighted by Crippen LogP contribution is 2.30. The lowest BCUT2D eigenvalue weighted by atomic mass is 9.91. The van der Waals surface area contributed by atoms with Crippen LogP contribution in [0.2, 0.25) is 0 Å². The second kappa shape index (κ2) is 6.01. The van der Waals surface area contributed by atoms with Crippen molar-refractivity contribution >= 4 is 0 Å². The number of hydrogen-bond donors (Lipinski definition) is 1. The summed E-state index contributed by atoms with van der Waals surface area (Å²) in [5.74, 6) is 0.873. The highest BCUT2D eigenvalue weighted by Gasteiger charge is 2.21. The molecule has 1 unspecified atom stereocenters. The van der Waals surface area contributed by atoms with E-state index in [1.165, 1.54) is 36.9 Å². The quantitative estimate of drug-likeness (QED) is 0.795. The fraction of sp³-hybridized carbons (Fsp3) is 0.643. The van der Waals surface area contributed by atoms with Gasteiger partial charge in [-0.3, -0.25) is 4.98 Å². The molecule has 1 aromatic rings. The van der Waals surface area contributed by atoms with Gasteiger partial charge < -0.3 is 10.1 Å². The SMILES string of the molecule is CCCCNC1CCCc2cc(OC)cnc21. The molecule has 0 bridgehead atoms. The number of pyridine rings is 1. The summed E-state index contributed by atoms with van der Waals surface area (Å²) < 4.78 is 5.23. The number of rotatable bonds is 5. The van der Waals surface area contributed by atoms with Crippen LogP contribution < -0.4 is 10.1 Å². The van der Waals surface area contributed by atoms with Crippen molar-refractivity contribution in [2.24, 2.45) is 0 Å². The Kier molecular flexibility index (Phi) is 4.37. The zero-order chi connectivity index (χ0) is 12.1. The predicted octanol–water partition coefficient (Wildman–Crippen LogP) is 2.86. The average Bonchev–Trinajstić information content (AvgIpc) is 2.38. The first-order chi connectivity index (χ1) is 8.35. The Morgan fingerprint density at radius 3 is 3.18 bits per heavy atom. The van der Waals surface area contributed by atoms with Crippen LogP contribution in [-0.2, 0) is 6.42 Å². The van der Waals surface area contributed by atoms with Crippen molar-refractivity contribution in [3.8, 4) is 5.75 Å². The monoisotopic (exact) mass is 234 g/mol. The van der Waals surface area contributed by atoms with E-state index in [0.29, 0.717) is 6.04 Å². The van der Waals surface area contributed by atoms with Gasteiger partial charge in [-0.1, -0.05) is 13.3 Å². The molecule has 0 radical (unpaired) electrons. The minimum absolute atomic E-state index is 0.441. The molecule has 1 N–H and O–H groups in total. The lowest BCUT2D eigenvalue weighted by molar-refractivity contribution is 0.405. The second-order valence-corrected chi connectivity index (χ2v) is 4.67. The van der Waals surface area contributed by atoms with Gasteiger partial charge in [-0.05, 0) is 43.9 Å². The third-order valence-electron chi connectivity index (χ3n) is 3.40. The van der Waals surface area contributed by atoms with E-state index in [9.17, 15) is 0 Å². The first-order valence-corrected chi connectivity index (χ1v) is 6.61. The van der Waals surface area contributed by atoms with Gasteiger partial charge in [0.05, 0.1) is 19.0 Å². The number of nitrogens with one attached hydrogen (secondary N) is 1. The van der Waals surface area contributed by atoms with E-state index in [1.807, 2.05) is 6.20 Å². The van der Waals surface area contributed by atoms with Crippen LogP contribution in [0.5, 0.6) is 5.75 Å². The summed E-state index contributed by atoms with van der Waals surface area (Å²) in [6.45, 7) is 3.31. The van der Waals surface area contributed by atoms with Crippen molar-refractivity contribution in [1.82, 2.24) is 10.3 Å². The number of ether oxygens (including phenoxy) is 1. The molecule has 0 saturated heterocycles. The number of nitrogens with zero attached hydrogens (tertiary/aromatic N) is 1. The summed E-state index contributed by atoms with van der Waals surface area (Å²) in [4.78, 5) is 4.56. The minimum atomic E-state index is 0.441. The maximum Gasteiger partial charge on any atom is 0.137 e. The van der Waals surface area contributed by atoms with Gasteiger partial charge in [0.1, 0.15) is 5.75 Å². The zero-order valence-electron chi connectivity index (χ0n) is 10.8. The number of methoxy groups -OCH3 is 1. The van der Waals surface area contributed by atoms with Crippen molar-refractivity contribution in [2.45, 2.75) is 45.1 Å². The minimum Gasteiger partial charge on any atom is -0.495 e. The number of hydrogen-bond acceptors (Lipinski definition) is 3. The molecule has 17 heavy (non-hydrogen) atoms. The van der Waals surface area contributed by atoms with Crippen molar-refractivity contribution in [3.05, 3.63) is 23.5 Å². The van der Waals surface area contributed by atoms with Gasteiger partial charge in [0, 0.05) is 6.04 Å². The van der Waals surface area contributed by atoms with Crippen LogP contribution in [0.25, 0.3) is 0 Å². The van der Waals surface area contributed by atoms with Crippen molar-refractivity contribution in [2.75, 3.05) is 13.7 Å². The summed E-state index contributed by atoms with van der Waals surface area (Å²) in [6, 6.07) is 2.58. The summed E-state index contributed by atoms with van der Waals surface area (Å²) in [7, 11) is 1.70. The second-order valence-electron chi connectivity index (χ2n) is 4.67. The van der Waals surface area contributed by atoms with Gasteiger partial charge in [0.15, 0.2) is 0 Å². The molecule has 1 aliphatic rings. The Labute approximate surface area is 104 Å². The number of aryl methyl sites for hydroxylation is 1. The van der Waals surface area contributed by atoms with E-state index in [0.717, 1.165) is 18.7 Å². The van der Waals surface area contributed by atoms with E-state index in [4.69, 9.17) is 4.74 Å². The maximum atomic E-state index is 5.23. The van der Waals surface area contributed by atoms with Gasteiger partial charge in [-0.2, -0.15) is 0 Å². The normalized spacial score (nSPS) is 18.8. The third kappa shape index (κ3) is 2.97. The van der Waals surface area contributed by atoms with Crippen molar-refractivity contribution in [3.63, 3.8) is 0 Å². The number of aromatic nitrogens is 1. The molecule has 94 valence electrons. The molecule has 0 aromatic carbocycles. The molecular weight excluding hydrogens is 212 g/mol. The molecule has 1 aliphatic carbocycles. The molecule has 0 aliphatic heterocycles. The van der Waals surface area contributed by atoms with E-state index >= 15 is 0 Å². The summed E-state index contributed by atoms with van der Waals surface area (Å²) >= 11 is 0. The maximum absolute atomic E-state index is 5.23. The molecule has 1 atom stereocenters. The molecule has 0 saturated carbocycles. The topological polar surface area (TPSA) is 34.1 Å². The van der Waals surface area contributed by atoms with E-state index < -0.39 is 0 Å². The van der Waals surface area contributed by atoms with Crippen LogP contribution in [0.1, 0.15) is 49.9 Å². The van der Waals surface area contributed by atoms with E-state index in [2.05, 4.69) is 23.3 Å². The molecular formula is C14H22N2O. The first kappa shape index (κ1) is 12.4. The van der Waals surface area contributed by atoms with Crippen molar-refractivity contribution in [1.29, 1.82) is 0 Å². The summed E-state index contributed by atoms with van der Waals surface area (Å²) in [5.41, 5.74) is 2.58. The Hall–Kier alpha value is -1.09. The van der Waals surface area contributed by atoms with Gasteiger partial charge in [0.2, 0.25) is 0 Å². The van der Waals surface area contributed by atoms with Gasteiger partial charge in [-0.25, -0.2) is 0 Å². The van der Waals surface area contributed by atoms with Crippen LogP contribution in [0.15, 0.2) is 12.3 Å². The molecule has 0 fully saturated rings. The Balaban J connectivity index is 2.08. The summed E-state index contributed by atoms with van der Waals surface area (Å²) in [6.07, 6.45) is 7.89. The van der Waals surface area contributed by atoms with Crippen LogP contribution in [0.3, 0.4) is 0 Å². The molecule has 1 aromatic heterocycles. The molecule has 0 amide bonds. The average molecular weight is 234 g/mol. The molecule has 3 nitrogen and oxygen atoms in total. The van der Waals surface area contributed by atoms with Crippen LogP contribution in [-0.4, -0.2) is 18.6 Å².